The van der Waals surface area contributed by atoms with Gasteiger partial charge in [0.25, 0.3) is 0 Å². The minimum Gasteiger partial charge on any atom is -0.445 e. The van der Waals surface area contributed by atoms with Crippen LogP contribution >= 0.6 is 0 Å². The second-order valence-electron chi connectivity index (χ2n) is 5.47. The average Bonchev–Trinajstić information content (AvgIpc) is 3.08. The number of aromatic amines is 1. The van der Waals surface area contributed by atoms with E-state index in [0.29, 0.717) is 5.75 Å². The molecule has 1 amide bonds. The summed E-state index contributed by atoms with van der Waals surface area (Å²) in [5.41, 5.74) is 1.62. The lowest BCUT2D eigenvalue weighted by atomic mass is 10.2. The lowest BCUT2D eigenvalue weighted by molar-refractivity contribution is -0.136. The van der Waals surface area contributed by atoms with Crippen LogP contribution in [0, 0.1) is 0 Å². The van der Waals surface area contributed by atoms with E-state index in [4.69, 9.17) is 9.47 Å². The highest BCUT2D eigenvalue weighted by Gasteiger charge is 2.19. The van der Waals surface area contributed by atoms with E-state index >= 15 is 0 Å². The predicted molar refractivity (Wildman–Crippen MR) is 91.0 cm³/mol. The van der Waals surface area contributed by atoms with Crippen LogP contribution in [0.4, 0.5) is 4.79 Å². The van der Waals surface area contributed by atoms with E-state index in [0.717, 1.165) is 16.5 Å². The number of amides is 1. The fourth-order valence-electron chi connectivity index (χ4n) is 2.18. The SMILES string of the molecule is C[C@H](NC(=O)OCc1ccccc1)C(=O)Oc1ccc2cn[nH]c2c1. The normalized spacial score (nSPS) is 11.7. The Hall–Kier alpha value is -3.35. The van der Waals surface area contributed by atoms with Crippen molar-refractivity contribution in [1.82, 2.24) is 15.5 Å². The minimum atomic E-state index is -0.847. The molecule has 1 heterocycles. The summed E-state index contributed by atoms with van der Waals surface area (Å²) in [6.07, 6.45) is 0.991. The summed E-state index contributed by atoms with van der Waals surface area (Å²) in [6.45, 7) is 1.66. The number of fused-ring (bicyclic) bond motifs is 1. The molecule has 25 heavy (non-hydrogen) atoms. The van der Waals surface area contributed by atoms with Crippen molar-refractivity contribution in [3.05, 3.63) is 60.3 Å². The maximum Gasteiger partial charge on any atom is 0.408 e. The van der Waals surface area contributed by atoms with E-state index in [1.165, 1.54) is 6.92 Å². The Morgan fingerprint density at radius 2 is 2.00 bits per heavy atom. The molecule has 0 radical (unpaired) electrons. The van der Waals surface area contributed by atoms with Gasteiger partial charge < -0.3 is 14.8 Å². The molecule has 0 aliphatic rings. The molecule has 3 rings (SSSR count). The zero-order valence-corrected chi connectivity index (χ0v) is 13.6. The maximum absolute atomic E-state index is 12.1. The zero-order valence-electron chi connectivity index (χ0n) is 13.6. The molecule has 2 aromatic carbocycles. The molecule has 0 aliphatic carbocycles. The third kappa shape index (κ3) is 4.35. The van der Waals surface area contributed by atoms with Crippen LogP contribution in [-0.4, -0.2) is 28.3 Å². The first kappa shape index (κ1) is 16.5. The van der Waals surface area contributed by atoms with Crippen molar-refractivity contribution >= 4 is 23.0 Å². The Bertz CT molecular complexity index is 876. The number of H-pyrrole nitrogens is 1. The van der Waals surface area contributed by atoms with E-state index in [1.807, 2.05) is 30.3 Å². The minimum absolute atomic E-state index is 0.130. The zero-order chi connectivity index (χ0) is 17.6. The van der Waals surface area contributed by atoms with Crippen LogP contribution in [0.3, 0.4) is 0 Å². The van der Waals surface area contributed by atoms with Crippen molar-refractivity contribution in [2.45, 2.75) is 19.6 Å². The van der Waals surface area contributed by atoms with E-state index < -0.39 is 18.1 Å². The molecule has 0 spiro atoms. The molecule has 0 saturated heterocycles. The molecule has 1 atom stereocenters. The van der Waals surface area contributed by atoms with Gasteiger partial charge in [0.2, 0.25) is 0 Å². The van der Waals surface area contributed by atoms with Gasteiger partial charge in [0.05, 0.1) is 11.7 Å². The number of rotatable bonds is 5. The molecular formula is C18H17N3O4. The highest BCUT2D eigenvalue weighted by molar-refractivity contribution is 5.84. The standard InChI is InChI=1S/C18H17N3O4/c1-12(20-18(23)24-11-13-5-3-2-4-6-13)17(22)25-15-8-7-14-10-19-21-16(14)9-15/h2-10,12H,11H2,1H3,(H,19,21)(H,20,23)/t12-/m0/s1. The van der Waals surface area contributed by atoms with E-state index in [2.05, 4.69) is 15.5 Å². The van der Waals surface area contributed by atoms with Crippen molar-refractivity contribution in [1.29, 1.82) is 0 Å². The predicted octanol–water partition coefficient (Wildman–Crippen LogP) is 2.78. The highest BCUT2D eigenvalue weighted by Crippen LogP contribution is 2.18. The van der Waals surface area contributed by atoms with Gasteiger partial charge in [-0.1, -0.05) is 30.3 Å². The number of aromatic nitrogens is 2. The Morgan fingerprint density at radius 3 is 2.80 bits per heavy atom. The summed E-state index contributed by atoms with van der Waals surface area (Å²) in [7, 11) is 0. The van der Waals surface area contributed by atoms with Crippen LogP contribution < -0.4 is 10.1 Å². The summed E-state index contributed by atoms with van der Waals surface area (Å²) in [6, 6.07) is 13.5. The second kappa shape index (κ2) is 7.48. The molecule has 128 valence electrons. The van der Waals surface area contributed by atoms with Crippen LogP contribution in [0.2, 0.25) is 0 Å². The number of alkyl carbamates (subject to hydrolysis) is 1. The van der Waals surface area contributed by atoms with E-state index in [1.54, 1.807) is 24.4 Å². The Morgan fingerprint density at radius 1 is 1.20 bits per heavy atom. The summed E-state index contributed by atoms with van der Waals surface area (Å²) in [5.74, 6) is -0.219. The van der Waals surface area contributed by atoms with Crippen molar-refractivity contribution < 1.29 is 19.1 Å². The Kier molecular flexibility index (Phi) is 4.94. The molecule has 0 saturated carbocycles. The molecule has 0 aliphatic heterocycles. The second-order valence-corrected chi connectivity index (χ2v) is 5.47. The fraction of sp³-hybridized carbons (Fsp3) is 0.167. The number of nitrogens with one attached hydrogen (secondary N) is 2. The summed E-state index contributed by atoms with van der Waals surface area (Å²) in [5, 5.41) is 10.1. The molecule has 7 nitrogen and oxygen atoms in total. The van der Waals surface area contributed by atoms with Crippen molar-refractivity contribution in [2.75, 3.05) is 0 Å². The van der Waals surface area contributed by atoms with Gasteiger partial charge in [-0.25, -0.2) is 9.59 Å². The highest BCUT2D eigenvalue weighted by atomic mass is 16.6. The number of hydrogen-bond donors (Lipinski definition) is 2. The first-order chi connectivity index (χ1) is 12.1. The number of ether oxygens (including phenoxy) is 2. The van der Waals surface area contributed by atoms with Gasteiger partial charge in [-0.05, 0) is 24.6 Å². The molecule has 7 heteroatoms. The third-order valence-electron chi connectivity index (χ3n) is 3.53. The fourth-order valence-corrected chi connectivity index (χ4v) is 2.18. The number of hydrogen-bond acceptors (Lipinski definition) is 5. The van der Waals surface area contributed by atoms with E-state index in [-0.39, 0.29) is 6.61 Å². The lowest BCUT2D eigenvalue weighted by Gasteiger charge is -2.13. The average molecular weight is 339 g/mol. The van der Waals surface area contributed by atoms with Gasteiger partial charge in [-0.15, -0.1) is 0 Å². The number of nitrogens with zero attached hydrogens (tertiary/aromatic N) is 1. The van der Waals surface area contributed by atoms with E-state index in [9.17, 15) is 9.59 Å². The molecule has 1 aromatic heterocycles. The van der Waals surface area contributed by atoms with Crippen LogP contribution in [0.1, 0.15) is 12.5 Å². The molecule has 2 N–H and O–H groups in total. The van der Waals surface area contributed by atoms with Crippen LogP contribution in [-0.2, 0) is 16.1 Å². The maximum atomic E-state index is 12.1. The van der Waals surface area contributed by atoms with Crippen LogP contribution in [0.5, 0.6) is 5.75 Å². The number of esters is 1. The van der Waals surface area contributed by atoms with Crippen molar-refractivity contribution in [3.63, 3.8) is 0 Å². The number of carbonyl (C=O) groups excluding carboxylic acids is 2. The number of benzene rings is 2. The first-order valence-electron chi connectivity index (χ1n) is 7.74. The largest absolute Gasteiger partial charge is 0.445 e. The molecule has 0 unspecified atom stereocenters. The lowest BCUT2D eigenvalue weighted by Crippen LogP contribution is -2.41. The third-order valence-corrected chi connectivity index (χ3v) is 3.53. The summed E-state index contributed by atoms with van der Waals surface area (Å²) >= 11 is 0. The monoisotopic (exact) mass is 339 g/mol. The van der Waals surface area contributed by atoms with Gasteiger partial charge in [0.15, 0.2) is 0 Å². The molecule has 0 fully saturated rings. The van der Waals surface area contributed by atoms with Gasteiger partial charge in [-0.2, -0.15) is 5.10 Å². The van der Waals surface area contributed by atoms with Gasteiger partial charge in [0.1, 0.15) is 18.4 Å². The van der Waals surface area contributed by atoms with Crippen LogP contribution in [0.15, 0.2) is 54.7 Å². The topological polar surface area (TPSA) is 93.3 Å². The summed E-state index contributed by atoms with van der Waals surface area (Å²) < 4.78 is 10.3. The Labute approximate surface area is 143 Å². The Balaban J connectivity index is 1.50. The van der Waals surface area contributed by atoms with Crippen molar-refractivity contribution in [3.8, 4) is 5.75 Å². The summed E-state index contributed by atoms with van der Waals surface area (Å²) in [4.78, 5) is 23.8. The number of carbonyl (C=O) groups is 2. The molecule has 0 bridgehead atoms. The van der Waals surface area contributed by atoms with Gasteiger partial charge in [0, 0.05) is 11.5 Å². The van der Waals surface area contributed by atoms with Gasteiger partial charge in [-0.3, -0.25) is 5.10 Å². The molecule has 3 aromatic rings. The van der Waals surface area contributed by atoms with Crippen LogP contribution in [0.25, 0.3) is 10.9 Å². The first-order valence-corrected chi connectivity index (χ1v) is 7.74. The van der Waals surface area contributed by atoms with Crippen molar-refractivity contribution in [2.24, 2.45) is 0 Å². The quantitative estimate of drug-likeness (QED) is 0.551. The molecular weight excluding hydrogens is 322 g/mol. The van der Waals surface area contributed by atoms with Gasteiger partial charge >= 0.3 is 12.1 Å². The smallest absolute Gasteiger partial charge is 0.408 e.